The summed E-state index contributed by atoms with van der Waals surface area (Å²) in [5, 5.41) is 32.6. The Labute approximate surface area is 357 Å². The van der Waals surface area contributed by atoms with Crippen molar-refractivity contribution in [1.29, 1.82) is 0 Å². The molecule has 2 saturated heterocycles. The summed E-state index contributed by atoms with van der Waals surface area (Å²) in [5.74, 6) is -7.99. The maximum Gasteiger partial charge on any atom is 0.329 e. The van der Waals surface area contributed by atoms with Crippen LogP contribution in [0.1, 0.15) is 119 Å². The van der Waals surface area contributed by atoms with Crippen molar-refractivity contribution in [2.45, 2.75) is 161 Å². The van der Waals surface area contributed by atoms with Gasteiger partial charge in [-0.1, -0.05) is 77.5 Å². The number of ketones is 3. The molecule has 0 aliphatic carbocycles. The molecule has 0 aromatic rings. The summed E-state index contributed by atoms with van der Waals surface area (Å²) in [7, 11) is 2.95. The lowest BCUT2D eigenvalue weighted by Gasteiger charge is -2.42. The Kier molecular flexibility index (Phi) is 20.7. The lowest BCUT2D eigenvalue weighted by Crippen LogP contribution is -2.61. The zero-order chi connectivity index (χ0) is 44.7. The molecule has 0 aromatic heterocycles. The summed E-state index contributed by atoms with van der Waals surface area (Å²) >= 11 is 0. The van der Waals surface area contributed by atoms with E-state index in [1.54, 1.807) is 34.0 Å². The van der Waals surface area contributed by atoms with Gasteiger partial charge in [0.2, 0.25) is 5.79 Å². The second-order valence-electron chi connectivity index (χ2n) is 17.6. The first-order valence-electron chi connectivity index (χ1n) is 22.0. The third-order valence-electron chi connectivity index (χ3n) is 12.7. The summed E-state index contributed by atoms with van der Waals surface area (Å²) < 4.78 is 23.5. The highest BCUT2D eigenvalue weighted by Crippen LogP contribution is 2.37. The lowest BCUT2D eigenvalue weighted by atomic mass is 9.85. The molecule has 0 spiro atoms. The van der Waals surface area contributed by atoms with Gasteiger partial charge in [0.05, 0.1) is 12.2 Å². The zero-order valence-corrected chi connectivity index (χ0v) is 37.5. The van der Waals surface area contributed by atoms with Crippen molar-refractivity contribution in [3.05, 3.63) is 47.6 Å². The van der Waals surface area contributed by atoms with Crippen LogP contribution in [0.25, 0.3) is 0 Å². The van der Waals surface area contributed by atoms with Crippen LogP contribution < -0.4 is 0 Å². The standard InChI is InChI=1S/C47H73NO12/c1-29-17-11-10-12-18-30(2)39(57-8)27-36-22-21-35(7)47(56,60-36)44(53)45(54)48-23-15-13-20-37(48)46(55)59-40(31(3)19-14-16-24-49)28-38(50)32(4)26-34(6)42(52)43(58-9)41(51)33(5)25-29/h10-12,17-18,26,29,31-33,35-37,39-40,42-43,49,52,56H,13-16,19-25,27-28H2,1-9H3/b12-10+,17-11+,30-18+,34-26+/t29-,31-,32-,33-,35-,36+,37+,39+,40+,42-,43+,47-/m1/s1. The minimum atomic E-state index is -2.42. The molecule has 3 aliphatic rings. The van der Waals surface area contributed by atoms with Crippen LogP contribution in [0.4, 0.5) is 0 Å². The van der Waals surface area contributed by atoms with Crippen LogP contribution in [0.3, 0.4) is 0 Å². The van der Waals surface area contributed by atoms with E-state index in [0.29, 0.717) is 63.4 Å². The third-order valence-corrected chi connectivity index (χ3v) is 12.7. The largest absolute Gasteiger partial charge is 0.460 e. The molecule has 3 rings (SSSR count). The van der Waals surface area contributed by atoms with E-state index in [2.05, 4.69) is 0 Å². The van der Waals surface area contributed by atoms with E-state index in [1.807, 2.05) is 58.1 Å². The van der Waals surface area contributed by atoms with Crippen molar-refractivity contribution < 1.29 is 58.2 Å². The van der Waals surface area contributed by atoms with Crippen LogP contribution in [0.2, 0.25) is 0 Å². The molecule has 1 amide bonds. The number of rotatable bonds is 7. The number of ether oxygens (including phenoxy) is 4. The lowest BCUT2D eigenvalue weighted by molar-refractivity contribution is -0.265. The number of allylic oxidation sites excluding steroid dienone is 6. The number of fused-ring (bicyclic) bond motifs is 3. The quantitative estimate of drug-likeness (QED) is 0.122. The van der Waals surface area contributed by atoms with Crippen LogP contribution in [0, 0.1) is 29.6 Å². The SMILES string of the molecule is CO[C@H]1C[C@@H]2CC[C@@H](C)[C@@](O)(O2)C(=O)C(=O)N2CCCC[C@H]2C(=O)O[C@H]([C@H](C)CCCCO)CC(=O)[C@H](C)/C=C(\C)[C@@H](O)[C@@H](OC)C(=O)[C@H](C)C[C@H](C)/C=C/C=C/C=C/1C. The third kappa shape index (κ3) is 13.8. The number of methoxy groups -OCH3 is 2. The fraction of sp³-hybridized carbons (Fsp3) is 0.723. The number of Topliss-reactive ketones (excluding diaryl/α,β-unsaturated/α-hetero) is 3. The van der Waals surface area contributed by atoms with Crippen molar-refractivity contribution >= 4 is 29.2 Å². The highest BCUT2D eigenvalue weighted by atomic mass is 16.6. The Morgan fingerprint density at radius 1 is 0.917 bits per heavy atom. The second-order valence-corrected chi connectivity index (χ2v) is 17.6. The highest BCUT2D eigenvalue weighted by molar-refractivity contribution is 6.39. The van der Waals surface area contributed by atoms with Crippen molar-refractivity contribution in [1.82, 2.24) is 4.90 Å². The van der Waals surface area contributed by atoms with Gasteiger partial charge >= 0.3 is 5.97 Å². The molecule has 0 unspecified atom stereocenters. The number of carbonyl (C=O) groups excluding carboxylic acids is 5. The Balaban J connectivity index is 2.03. The normalized spacial score (nSPS) is 37.5. The predicted molar refractivity (Wildman–Crippen MR) is 227 cm³/mol. The van der Waals surface area contributed by atoms with Crippen molar-refractivity contribution in [2.75, 3.05) is 27.4 Å². The topological polar surface area (TPSA) is 186 Å². The minimum absolute atomic E-state index is 0.0108. The summed E-state index contributed by atoms with van der Waals surface area (Å²) in [6.07, 6.45) is 11.5. The number of piperidine rings is 1. The maximum absolute atomic E-state index is 14.1. The minimum Gasteiger partial charge on any atom is -0.460 e. The van der Waals surface area contributed by atoms with Crippen LogP contribution in [0.15, 0.2) is 47.6 Å². The summed E-state index contributed by atoms with van der Waals surface area (Å²) in [5.41, 5.74) is 1.27. The van der Waals surface area contributed by atoms with Gasteiger partial charge in [-0.3, -0.25) is 19.2 Å². The van der Waals surface area contributed by atoms with Crippen molar-refractivity contribution in [3.63, 3.8) is 0 Å². The molecule has 2 fully saturated rings. The molecular formula is C47H73NO12. The van der Waals surface area contributed by atoms with Crippen LogP contribution in [-0.4, -0.2) is 119 Å². The van der Waals surface area contributed by atoms with Crippen LogP contribution >= 0.6 is 0 Å². The van der Waals surface area contributed by atoms with Gasteiger partial charge in [0.25, 0.3) is 11.7 Å². The number of nitrogens with zero attached hydrogens (tertiary/aromatic N) is 1. The first-order valence-corrected chi connectivity index (χ1v) is 22.0. The van der Waals surface area contributed by atoms with Crippen LogP contribution in [-0.2, 0) is 42.9 Å². The first-order chi connectivity index (χ1) is 28.4. The number of cyclic esters (lactones) is 1. The molecule has 0 aromatic carbocycles. The fourth-order valence-corrected chi connectivity index (χ4v) is 8.54. The first kappa shape index (κ1) is 51.0. The van der Waals surface area contributed by atoms with E-state index in [-0.39, 0.29) is 49.4 Å². The van der Waals surface area contributed by atoms with Gasteiger partial charge in [-0.25, -0.2) is 4.79 Å². The Morgan fingerprint density at radius 2 is 1.63 bits per heavy atom. The molecule has 13 heteroatoms. The molecule has 60 heavy (non-hydrogen) atoms. The molecule has 3 heterocycles. The molecule has 13 nitrogen and oxygen atoms in total. The Bertz CT molecular complexity index is 1580. The summed E-state index contributed by atoms with van der Waals surface area (Å²) in [6, 6.07) is -1.12. The number of amides is 1. The monoisotopic (exact) mass is 844 g/mol. The molecule has 0 radical (unpaired) electrons. The smallest absolute Gasteiger partial charge is 0.329 e. The number of hydrogen-bond acceptors (Lipinski definition) is 12. The van der Waals surface area contributed by atoms with E-state index in [9.17, 15) is 39.3 Å². The van der Waals surface area contributed by atoms with E-state index in [4.69, 9.17) is 18.9 Å². The molecule has 338 valence electrons. The Hall–Kier alpha value is -3.33. The van der Waals surface area contributed by atoms with E-state index in [1.165, 1.54) is 12.0 Å². The number of hydrogen-bond donors (Lipinski definition) is 3. The average Bonchev–Trinajstić information content (AvgIpc) is 3.22. The molecule has 2 bridgehead atoms. The highest BCUT2D eigenvalue weighted by Gasteiger charge is 2.53. The number of carbonyl (C=O) groups is 5. The molecular weight excluding hydrogens is 771 g/mol. The van der Waals surface area contributed by atoms with Gasteiger partial charge in [-0.2, -0.15) is 0 Å². The molecule has 3 aliphatic heterocycles. The van der Waals surface area contributed by atoms with Crippen molar-refractivity contribution in [2.24, 2.45) is 29.6 Å². The average molecular weight is 844 g/mol. The number of aliphatic hydroxyl groups excluding tert-OH is 2. The van der Waals surface area contributed by atoms with Gasteiger partial charge in [0.1, 0.15) is 30.1 Å². The summed E-state index contributed by atoms with van der Waals surface area (Å²) in [4.78, 5) is 70.8. The molecule has 0 saturated carbocycles. The van der Waals surface area contributed by atoms with Gasteiger partial charge in [0.15, 0.2) is 5.78 Å². The maximum atomic E-state index is 14.1. The van der Waals surface area contributed by atoms with Gasteiger partial charge in [0, 0.05) is 58.0 Å². The van der Waals surface area contributed by atoms with Gasteiger partial charge in [-0.15, -0.1) is 0 Å². The predicted octanol–water partition coefficient (Wildman–Crippen LogP) is 5.78. The fourth-order valence-electron chi connectivity index (χ4n) is 8.54. The second kappa shape index (κ2) is 24.3. The van der Waals surface area contributed by atoms with Crippen molar-refractivity contribution in [3.8, 4) is 0 Å². The molecule has 3 N–H and O–H groups in total. The number of unbranched alkanes of at least 4 members (excludes halogenated alkanes) is 1. The van der Waals surface area contributed by atoms with E-state index < -0.39 is 77.8 Å². The zero-order valence-electron chi connectivity index (χ0n) is 37.5. The number of aliphatic hydroxyl groups is 3. The van der Waals surface area contributed by atoms with Gasteiger partial charge in [-0.05, 0) is 88.2 Å². The Morgan fingerprint density at radius 3 is 2.30 bits per heavy atom. The van der Waals surface area contributed by atoms with E-state index in [0.717, 1.165) is 5.57 Å². The summed E-state index contributed by atoms with van der Waals surface area (Å²) in [6.45, 7) is 12.6. The van der Waals surface area contributed by atoms with E-state index >= 15 is 0 Å². The van der Waals surface area contributed by atoms with Crippen LogP contribution in [0.5, 0.6) is 0 Å². The number of esters is 1. The van der Waals surface area contributed by atoms with Gasteiger partial charge < -0.3 is 39.2 Å². The molecule has 12 atom stereocenters.